The summed E-state index contributed by atoms with van der Waals surface area (Å²) in [6.07, 6.45) is 9.11. The number of piperidine rings is 1. The van der Waals surface area contributed by atoms with Crippen LogP contribution in [0, 0.1) is 11.3 Å². The number of nitrogens with zero attached hydrogens (tertiary/aromatic N) is 2. The fourth-order valence-electron chi connectivity index (χ4n) is 4.14. The third kappa shape index (κ3) is 8.30. The fourth-order valence-corrected chi connectivity index (χ4v) is 4.14. The maximum atomic E-state index is 5.34. The van der Waals surface area contributed by atoms with Crippen molar-refractivity contribution < 1.29 is 4.74 Å². The summed E-state index contributed by atoms with van der Waals surface area (Å²) in [6, 6.07) is 0. The first-order valence-electron chi connectivity index (χ1n) is 10.4. The van der Waals surface area contributed by atoms with Crippen LogP contribution in [-0.4, -0.2) is 63.8 Å². The Morgan fingerprint density at radius 2 is 1.88 bits per heavy atom. The van der Waals surface area contributed by atoms with Gasteiger partial charge in [0.05, 0.1) is 0 Å². The molecule has 0 aromatic rings. The van der Waals surface area contributed by atoms with Gasteiger partial charge in [0.25, 0.3) is 0 Å². The van der Waals surface area contributed by atoms with Crippen LogP contribution in [-0.2, 0) is 4.74 Å². The van der Waals surface area contributed by atoms with Gasteiger partial charge in [-0.15, -0.1) is 24.0 Å². The van der Waals surface area contributed by atoms with Gasteiger partial charge in [-0.25, -0.2) is 0 Å². The SMILES string of the molecule is CCNC(=NCC1(CCOC)CCCC1)NCCN1CCC(C)CC1.I. The van der Waals surface area contributed by atoms with E-state index < -0.39 is 0 Å². The maximum absolute atomic E-state index is 5.34. The highest BCUT2D eigenvalue weighted by Crippen LogP contribution is 2.41. The molecule has 0 bridgehead atoms. The third-order valence-electron chi connectivity index (χ3n) is 6.01. The Kier molecular flexibility index (Phi) is 12.1. The lowest BCUT2D eigenvalue weighted by Crippen LogP contribution is -2.43. The van der Waals surface area contributed by atoms with Crippen LogP contribution >= 0.6 is 24.0 Å². The second-order valence-electron chi connectivity index (χ2n) is 8.10. The van der Waals surface area contributed by atoms with Gasteiger partial charge in [0.1, 0.15) is 0 Å². The molecule has 2 N–H and O–H groups in total. The average molecular weight is 480 g/mol. The number of hydrogen-bond acceptors (Lipinski definition) is 3. The number of rotatable bonds is 9. The number of halogens is 1. The monoisotopic (exact) mass is 480 g/mol. The zero-order chi connectivity index (χ0) is 18.0. The molecule has 1 saturated heterocycles. The molecule has 26 heavy (non-hydrogen) atoms. The van der Waals surface area contributed by atoms with E-state index in [4.69, 9.17) is 9.73 Å². The number of nitrogens with one attached hydrogen (secondary N) is 2. The number of methoxy groups -OCH3 is 1. The molecule has 1 aliphatic heterocycles. The summed E-state index contributed by atoms with van der Waals surface area (Å²) in [7, 11) is 1.80. The Morgan fingerprint density at radius 3 is 2.50 bits per heavy atom. The molecule has 1 saturated carbocycles. The van der Waals surface area contributed by atoms with E-state index in [2.05, 4.69) is 29.4 Å². The van der Waals surface area contributed by atoms with Gasteiger partial charge in [-0.3, -0.25) is 4.99 Å². The van der Waals surface area contributed by atoms with E-state index in [9.17, 15) is 0 Å². The molecule has 2 aliphatic rings. The Bertz CT molecular complexity index is 391. The highest BCUT2D eigenvalue weighted by Gasteiger charge is 2.33. The maximum Gasteiger partial charge on any atom is 0.191 e. The van der Waals surface area contributed by atoms with E-state index >= 15 is 0 Å². The van der Waals surface area contributed by atoms with Crippen LogP contribution in [0.3, 0.4) is 0 Å². The fraction of sp³-hybridized carbons (Fsp3) is 0.950. The smallest absolute Gasteiger partial charge is 0.191 e. The Balaban J connectivity index is 0.00000338. The first kappa shape index (κ1) is 24.0. The molecule has 0 spiro atoms. The first-order chi connectivity index (χ1) is 12.2. The van der Waals surface area contributed by atoms with Gasteiger partial charge >= 0.3 is 0 Å². The van der Waals surface area contributed by atoms with Crippen molar-refractivity contribution in [2.24, 2.45) is 16.3 Å². The quantitative estimate of drug-likeness (QED) is 0.302. The number of aliphatic imine (C=N–C) groups is 1. The first-order valence-corrected chi connectivity index (χ1v) is 10.4. The van der Waals surface area contributed by atoms with Crippen LogP contribution in [0.4, 0.5) is 0 Å². The summed E-state index contributed by atoms with van der Waals surface area (Å²) in [5.74, 6) is 1.88. The molecule has 0 unspecified atom stereocenters. The molecule has 1 heterocycles. The minimum atomic E-state index is 0. The summed E-state index contributed by atoms with van der Waals surface area (Å²) in [5, 5.41) is 6.96. The Morgan fingerprint density at radius 1 is 1.19 bits per heavy atom. The summed E-state index contributed by atoms with van der Waals surface area (Å²) in [6.45, 7) is 11.8. The van der Waals surface area contributed by atoms with E-state index in [1.165, 1.54) is 51.6 Å². The van der Waals surface area contributed by atoms with Crippen molar-refractivity contribution >= 4 is 29.9 Å². The largest absolute Gasteiger partial charge is 0.385 e. The summed E-state index contributed by atoms with van der Waals surface area (Å²) < 4.78 is 5.34. The predicted molar refractivity (Wildman–Crippen MR) is 122 cm³/mol. The molecule has 0 aromatic carbocycles. The Labute approximate surface area is 178 Å². The lowest BCUT2D eigenvalue weighted by molar-refractivity contribution is 0.141. The minimum Gasteiger partial charge on any atom is -0.385 e. The highest BCUT2D eigenvalue weighted by molar-refractivity contribution is 14.0. The van der Waals surface area contributed by atoms with Crippen molar-refractivity contribution in [3.63, 3.8) is 0 Å². The van der Waals surface area contributed by atoms with Crippen molar-refractivity contribution in [2.75, 3.05) is 53.0 Å². The third-order valence-corrected chi connectivity index (χ3v) is 6.01. The van der Waals surface area contributed by atoms with Crippen molar-refractivity contribution in [3.05, 3.63) is 0 Å². The van der Waals surface area contributed by atoms with E-state index in [-0.39, 0.29) is 24.0 Å². The van der Waals surface area contributed by atoms with Crippen LogP contribution in [0.5, 0.6) is 0 Å². The van der Waals surface area contributed by atoms with Crippen molar-refractivity contribution in [1.82, 2.24) is 15.5 Å². The molecule has 5 nitrogen and oxygen atoms in total. The van der Waals surface area contributed by atoms with Crippen LogP contribution < -0.4 is 10.6 Å². The Hall–Kier alpha value is -0.0800. The van der Waals surface area contributed by atoms with Crippen LogP contribution in [0.2, 0.25) is 0 Å². The standard InChI is InChI=1S/C20H40N4O.HI/c1-4-21-19(22-12-15-24-13-7-18(2)8-14-24)23-17-20(11-16-25-3)9-5-6-10-20;/h18H,4-17H2,1-3H3,(H2,21,22,23);1H. The van der Waals surface area contributed by atoms with Gasteiger partial charge in [0.2, 0.25) is 0 Å². The van der Waals surface area contributed by atoms with E-state index in [0.717, 1.165) is 51.1 Å². The molecule has 6 heteroatoms. The molecule has 1 aliphatic carbocycles. The summed E-state index contributed by atoms with van der Waals surface area (Å²) in [5.41, 5.74) is 0.362. The summed E-state index contributed by atoms with van der Waals surface area (Å²) in [4.78, 5) is 7.51. The lowest BCUT2D eigenvalue weighted by Gasteiger charge is -2.30. The number of hydrogen-bond donors (Lipinski definition) is 2. The lowest BCUT2D eigenvalue weighted by atomic mass is 9.83. The van der Waals surface area contributed by atoms with Crippen molar-refractivity contribution in [2.45, 2.75) is 58.8 Å². The van der Waals surface area contributed by atoms with Crippen molar-refractivity contribution in [1.29, 1.82) is 0 Å². The van der Waals surface area contributed by atoms with Gasteiger partial charge < -0.3 is 20.3 Å². The zero-order valence-electron chi connectivity index (χ0n) is 17.2. The van der Waals surface area contributed by atoms with Gasteiger partial charge in [-0.1, -0.05) is 19.8 Å². The van der Waals surface area contributed by atoms with Crippen LogP contribution in [0.25, 0.3) is 0 Å². The molecule has 0 aromatic heterocycles. The van der Waals surface area contributed by atoms with Crippen molar-refractivity contribution in [3.8, 4) is 0 Å². The predicted octanol–water partition coefficient (Wildman–Crippen LogP) is 3.49. The molecule has 154 valence electrons. The minimum absolute atomic E-state index is 0. The second kappa shape index (κ2) is 13.2. The van der Waals surface area contributed by atoms with E-state index in [1.807, 2.05) is 0 Å². The average Bonchev–Trinajstić information content (AvgIpc) is 3.09. The number of likely N-dealkylation sites (tertiary alicyclic amines) is 1. The summed E-state index contributed by atoms with van der Waals surface area (Å²) >= 11 is 0. The topological polar surface area (TPSA) is 48.9 Å². The van der Waals surface area contributed by atoms with Gasteiger partial charge in [-0.05, 0) is 63.5 Å². The second-order valence-corrected chi connectivity index (χ2v) is 8.10. The van der Waals surface area contributed by atoms with Crippen LogP contribution in [0.1, 0.15) is 58.8 Å². The van der Waals surface area contributed by atoms with Gasteiger partial charge in [-0.2, -0.15) is 0 Å². The molecular formula is C20H41IN4O. The van der Waals surface area contributed by atoms with Gasteiger partial charge in [0.15, 0.2) is 5.96 Å². The number of ether oxygens (including phenoxy) is 1. The van der Waals surface area contributed by atoms with Gasteiger partial charge in [0, 0.05) is 39.9 Å². The zero-order valence-corrected chi connectivity index (χ0v) is 19.5. The van der Waals surface area contributed by atoms with E-state index in [0.29, 0.717) is 5.41 Å². The molecular weight excluding hydrogens is 439 g/mol. The van der Waals surface area contributed by atoms with Crippen LogP contribution in [0.15, 0.2) is 4.99 Å². The number of guanidine groups is 1. The molecule has 0 radical (unpaired) electrons. The normalized spacial score (nSPS) is 21.4. The molecule has 2 rings (SSSR count). The van der Waals surface area contributed by atoms with E-state index in [1.54, 1.807) is 7.11 Å². The molecule has 2 fully saturated rings. The molecule has 0 atom stereocenters. The molecule has 0 amide bonds. The highest BCUT2D eigenvalue weighted by atomic mass is 127.